The lowest BCUT2D eigenvalue weighted by Gasteiger charge is -2.28. The van der Waals surface area contributed by atoms with Crippen molar-refractivity contribution in [3.63, 3.8) is 0 Å². The standard InChI is InChI=1S/C22H28O4Si/c1-19(2)25-27(26-20(3)4,23-17-15-21-11-7-5-8-12-21)24-18-16-22-13-9-6-10-14-22/h5-20H,1-4H3. The van der Waals surface area contributed by atoms with Gasteiger partial charge in [0, 0.05) is 12.2 Å². The summed E-state index contributed by atoms with van der Waals surface area (Å²) in [6, 6.07) is 19.8. The zero-order valence-corrected chi connectivity index (χ0v) is 17.4. The predicted octanol–water partition coefficient (Wildman–Crippen LogP) is 5.65. The van der Waals surface area contributed by atoms with Crippen LogP contribution < -0.4 is 0 Å². The lowest BCUT2D eigenvalue weighted by molar-refractivity contribution is -0.0226. The Morgan fingerprint density at radius 2 is 1.00 bits per heavy atom. The Kier molecular flexibility index (Phi) is 8.32. The van der Waals surface area contributed by atoms with Gasteiger partial charge < -0.3 is 17.7 Å². The van der Waals surface area contributed by atoms with E-state index in [0.29, 0.717) is 0 Å². The largest absolute Gasteiger partial charge is 0.820 e. The van der Waals surface area contributed by atoms with E-state index in [4.69, 9.17) is 17.7 Å². The zero-order chi connectivity index (χ0) is 19.5. The number of rotatable bonds is 10. The molecule has 0 saturated carbocycles. The van der Waals surface area contributed by atoms with Crippen molar-refractivity contribution >= 4 is 21.2 Å². The summed E-state index contributed by atoms with van der Waals surface area (Å²) in [5.41, 5.74) is 2.05. The molecule has 0 heterocycles. The maximum atomic E-state index is 5.99. The smallest absolute Gasteiger partial charge is 0.478 e. The van der Waals surface area contributed by atoms with E-state index >= 15 is 0 Å². The van der Waals surface area contributed by atoms with E-state index in [1.807, 2.05) is 101 Å². The summed E-state index contributed by atoms with van der Waals surface area (Å²) in [5, 5.41) is 0. The van der Waals surface area contributed by atoms with Crippen LogP contribution in [0.15, 0.2) is 73.2 Å². The van der Waals surface area contributed by atoms with Gasteiger partial charge in [0.25, 0.3) is 0 Å². The Bertz CT molecular complexity index is 648. The van der Waals surface area contributed by atoms with E-state index in [1.54, 1.807) is 12.5 Å². The Morgan fingerprint density at radius 3 is 1.33 bits per heavy atom. The topological polar surface area (TPSA) is 36.9 Å². The molecule has 0 aromatic heterocycles. The summed E-state index contributed by atoms with van der Waals surface area (Å²) < 4.78 is 23.9. The van der Waals surface area contributed by atoms with Crippen molar-refractivity contribution in [2.75, 3.05) is 0 Å². The quantitative estimate of drug-likeness (QED) is 0.392. The van der Waals surface area contributed by atoms with E-state index < -0.39 is 9.05 Å². The number of benzene rings is 2. The van der Waals surface area contributed by atoms with Crippen LogP contribution in [0.25, 0.3) is 12.2 Å². The van der Waals surface area contributed by atoms with Crippen molar-refractivity contribution in [2.24, 2.45) is 0 Å². The van der Waals surface area contributed by atoms with Crippen molar-refractivity contribution in [3.8, 4) is 0 Å². The summed E-state index contributed by atoms with van der Waals surface area (Å²) in [6.45, 7) is 7.72. The summed E-state index contributed by atoms with van der Waals surface area (Å²) in [4.78, 5) is 0. The van der Waals surface area contributed by atoms with Gasteiger partial charge in [-0.05, 0) is 51.0 Å². The van der Waals surface area contributed by atoms with Gasteiger partial charge in [0.2, 0.25) is 0 Å². The van der Waals surface area contributed by atoms with Crippen LogP contribution in [0.1, 0.15) is 38.8 Å². The first kappa shape index (κ1) is 21.0. The fourth-order valence-electron chi connectivity index (χ4n) is 2.26. The second kappa shape index (κ2) is 10.7. The molecule has 2 aromatic carbocycles. The van der Waals surface area contributed by atoms with Gasteiger partial charge in [-0.25, -0.2) is 0 Å². The van der Waals surface area contributed by atoms with Crippen LogP contribution >= 0.6 is 0 Å². The van der Waals surface area contributed by atoms with Crippen LogP contribution in [0.5, 0.6) is 0 Å². The first-order valence-electron chi connectivity index (χ1n) is 9.13. The molecule has 0 N–H and O–H groups in total. The van der Waals surface area contributed by atoms with E-state index in [2.05, 4.69) is 0 Å². The molecule has 27 heavy (non-hydrogen) atoms. The van der Waals surface area contributed by atoms with Crippen LogP contribution in [-0.4, -0.2) is 21.3 Å². The van der Waals surface area contributed by atoms with Crippen molar-refractivity contribution < 1.29 is 17.7 Å². The van der Waals surface area contributed by atoms with Crippen molar-refractivity contribution in [1.29, 1.82) is 0 Å². The summed E-state index contributed by atoms with van der Waals surface area (Å²) >= 11 is 0. The SMILES string of the molecule is CC(C)O[Si](OC=Cc1ccccc1)(OC=Cc1ccccc1)OC(C)C. The molecule has 0 saturated heterocycles. The molecule has 4 nitrogen and oxygen atoms in total. The van der Waals surface area contributed by atoms with Crippen LogP contribution in [0.3, 0.4) is 0 Å². The first-order chi connectivity index (χ1) is 13.0. The molecule has 0 atom stereocenters. The number of hydrogen-bond donors (Lipinski definition) is 0. The van der Waals surface area contributed by atoms with Crippen LogP contribution in [-0.2, 0) is 17.7 Å². The van der Waals surface area contributed by atoms with Gasteiger partial charge >= 0.3 is 9.05 Å². The zero-order valence-electron chi connectivity index (χ0n) is 16.4. The highest BCUT2D eigenvalue weighted by molar-refractivity contribution is 6.54. The van der Waals surface area contributed by atoms with Crippen molar-refractivity contribution in [2.45, 2.75) is 39.9 Å². The maximum Gasteiger partial charge on any atom is 0.820 e. The van der Waals surface area contributed by atoms with Gasteiger partial charge in [-0.2, -0.15) is 0 Å². The van der Waals surface area contributed by atoms with E-state index in [1.165, 1.54) is 0 Å². The van der Waals surface area contributed by atoms with Gasteiger partial charge in [0.1, 0.15) is 0 Å². The fourth-order valence-corrected chi connectivity index (χ4v) is 4.22. The van der Waals surface area contributed by atoms with Crippen LogP contribution in [0.2, 0.25) is 0 Å². The summed E-state index contributed by atoms with van der Waals surface area (Å²) in [6.07, 6.45) is 6.68. The molecule has 2 rings (SSSR count). The molecule has 0 aliphatic heterocycles. The minimum Gasteiger partial charge on any atom is -0.478 e. The second-order valence-electron chi connectivity index (χ2n) is 6.50. The third-order valence-electron chi connectivity index (χ3n) is 3.30. The monoisotopic (exact) mass is 384 g/mol. The Hall–Kier alpha value is -2.34. The van der Waals surface area contributed by atoms with Gasteiger partial charge in [-0.1, -0.05) is 60.7 Å². The lowest BCUT2D eigenvalue weighted by Crippen LogP contribution is -2.50. The third kappa shape index (κ3) is 7.82. The minimum absolute atomic E-state index is 0.106. The molecule has 0 unspecified atom stereocenters. The minimum atomic E-state index is -3.40. The molecule has 2 aromatic rings. The highest BCUT2D eigenvalue weighted by Gasteiger charge is 2.51. The lowest BCUT2D eigenvalue weighted by atomic mass is 10.2. The molecular weight excluding hydrogens is 356 g/mol. The highest BCUT2D eigenvalue weighted by Crippen LogP contribution is 2.19. The van der Waals surface area contributed by atoms with Crippen molar-refractivity contribution in [3.05, 3.63) is 84.3 Å². The van der Waals surface area contributed by atoms with Gasteiger partial charge in [-0.15, -0.1) is 0 Å². The van der Waals surface area contributed by atoms with Crippen LogP contribution in [0.4, 0.5) is 0 Å². The van der Waals surface area contributed by atoms with E-state index in [9.17, 15) is 0 Å². The maximum absolute atomic E-state index is 5.99. The second-order valence-corrected chi connectivity index (χ2v) is 8.44. The highest BCUT2D eigenvalue weighted by atomic mass is 28.4. The van der Waals surface area contributed by atoms with Gasteiger partial charge in [0.05, 0.1) is 12.5 Å². The molecule has 5 heteroatoms. The van der Waals surface area contributed by atoms with E-state index in [0.717, 1.165) is 11.1 Å². The molecule has 0 radical (unpaired) electrons. The molecule has 0 aliphatic carbocycles. The van der Waals surface area contributed by atoms with Crippen molar-refractivity contribution in [1.82, 2.24) is 0 Å². The molecular formula is C22H28O4Si. The average Bonchev–Trinajstić information content (AvgIpc) is 2.62. The molecule has 0 bridgehead atoms. The van der Waals surface area contributed by atoms with Gasteiger partial charge in [0.15, 0.2) is 0 Å². The molecule has 144 valence electrons. The van der Waals surface area contributed by atoms with Gasteiger partial charge in [-0.3, -0.25) is 0 Å². The Labute approximate surface area is 163 Å². The predicted molar refractivity (Wildman–Crippen MR) is 111 cm³/mol. The molecule has 0 aliphatic rings. The Balaban J connectivity index is 2.16. The van der Waals surface area contributed by atoms with E-state index in [-0.39, 0.29) is 12.2 Å². The summed E-state index contributed by atoms with van der Waals surface area (Å²) in [5.74, 6) is 0. The molecule has 0 fully saturated rings. The fraction of sp³-hybridized carbons (Fsp3) is 0.273. The first-order valence-corrected chi connectivity index (χ1v) is 10.8. The normalized spacial score (nSPS) is 12.4. The third-order valence-corrected chi connectivity index (χ3v) is 5.67. The summed E-state index contributed by atoms with van der Waals surface area (Å²) in [7, 11) is -3.40. The number of hydrogen-bond acceptors (Lipinski definition) is 4. The molecule has 0 amide bonds. The van der Waals surface area contributed by atoms with Crippen LogP contribution in [0, 0.1) is 0 Å². The molecule has 0 spiro atoms. The Morgan fingerprint density at radius 1 is 0.630 bits per heavy atom. The average molecular weight is 385 g/mol.